The Hall–Kier alpha value is -2.02. The lowest BCUT2D eigenvalue weighted by atomic mass is 10.2. The zero-order valence-electron chi connectivity index (χ0n) is 10.9. The number of nitrogens with zero attached hydrogens (tertiary/aromatic N) is 3. The van der Waals surface area contributed by atoms with E-state index in [1.54, 1.807) is 0 Å². The number of hydrogen-bond donors (Lipinski definition) is 2. The molecule has 3 rings (SSSR count). The number of aromatic amines is 1. The molecule has 1 fully saturated rings. The molecule has 0 spiro atoms. The highest BCUT2D eigenvalue weighted by Crippen LogP contribution is 2.21. The van der Waals surface area contributed by atoms with Crippen LogP contribution in [0.15, 0.2) is 18.2 Å². The Morgan fingerprint density at radius 3 is 2.90 bits per heavy atom. The van der Waals surface area contributed by atoms with Gasteiger partial charge in [0.2, 0.25) is 5.95 Å². The molecule has 1 aromatic heterocycles. The molecule has 1 saturated heterocycles. The van der Waals surface area contributed by atoms with Crippen LogP contribution < -0.4 is 10.2 Å². The second kappa shape index (κ2) is 5.54. The van der Waals surface area contributed by atoms with Crippen molar-refractivity contribution in [3.05, 3.63) is 29.8 Å². The van der Waals surface area contributed by atoms with Gasteiger partial charge in [0.1, 0.15) is 11.6 Å². The predicted molar refractivity (Wildman–Crippen MR) is 71.4 cm³/mol. The van der Waals surface area contributed by atoms with E-state index in [1.165, 1.54) is 12.1 Å². The Kier molecular flexibility index (Phi) is 3.60. The summed E-state index contributed by atoms with van der Waals surface area (Å²) < 4.78 is 26.6. The monoisotopic (exact) mass is 279 g/mol. The van der Waals surface area contributed by atoms with Crippen LogP contribution in [0.25, 0.3) is 11.4 Å². The van der Waals surface area contributed by atoms with Crippen molar-refractivity contribution in [2.24, 2.45) is 0 Å². The second-order valence-electron chi connectivity index (χ2n) is 4.70. The summed E-state index contributed by atoms with van der Waals surface area (Å²) in [5.74, 6) is -0.392. The zero-order chi connectivity index (χ0) is 13.9. The Labute approximate surface area is 115 Å². The smallest absolute Gasteiger partial charge is 0.245 e. The quantitative estimate of drug-likeness (QED) is 0.875. The van der Waals surface area contributed by atoms with Gasteiger partial charge >= 0.3 is 0 Å². The number of benzene rings is 1. The summed E-state index contributed by atoms with van der Waals surface area (Å²) in [5, 5.41) is 10.1. The molecule has 0 atom stereocenters. The first-order valence-corrected chi connectivity index (χ1v) is 6.57. The van der Waals surface area contributed by atoms with Gasteiger partial charge in [-0.15, -0.1) is 5.10 Å². The lowest BCUT2D eigenvalue weighted by molar-refractivity contribution is 0.585. The van der Waals surface area contributed by atoms with Crippen LogP contribution in [0.1, 0.15) is 6.42 Å². The van der Waals surface area contributed by atoms with Crippen molar-refractivity contribution in [2.75, 3.05) is 31.1 Å². The molecule has 0 saturated carbocycles. The van der Waals surface area contributed by atoms with Gasteiger partial charge in [0.05, 0.1) is 5.56 Å². The Morgan fingerprint density at radius 1 is 1.15 bits per heavy atom. The number of aromatic nitrogens is 3. The third-order valence-electron chi connectivity index (χ3n) is 3.28. The zero-order valence-corrected chi connectivity index (χ0v) is 10.9. The molecule has 0 amide bonds. The normalized spacial score (nSPS) is 16.2. The maximum absolute atomic E-state index is 13.7. The molecule has 2 aromatic rings. The van der Waals surface area contributed by atoms with E-state index in [1.807, 2.05) is 4.90 Å². The fourth-order valence-corrected chi connectivity index (χ4v) is 2.24. The van der Waals surface area contributed by atoms with E-state index >= 15 is 0 Å². The molecule has 5 nitrogen and oxygen atoms in total. The van der Waals surface area contributed by atoms with Crippen LogP contribution >= 0.6 is 0 Å². The average molecular weight is 279 g/mol. The number of anilines is 1. The number of nitrogens with one attached hydrogen (secondary N) is 2. The molecule has 7 heteroatoms. The minimum atomic E-state index is -0.648. The van der Waals surface area contributed by atoms with Crippen LogP contribution in [-0.4, -0.2) is 41.4 Å². The molecule has 2 N–H and O–H groups in total. The molecule has 106 valence electrons. The molecular weight excluding hydrogens is 264 g/mol. The van der Waals surface area contributed by atoms with Gasteiger partial charge in [-0.2, -0.15) is 4.98 Å². The van der Waals surface area contributed by atoms with E-state index in [0.29, 0.717) is 11.8 Å². The van der Waals surface area contributed by atoms with E-state index in [-0.39, 0.29) is 5.56 Å². The van der Waals surface area contributed by atoms with Crippen LogP contribution in [0.5, 0.6) is 0 Å². The summed E-state index contributed by atoms with van der Waals surface area (Å²) in [6, 6.07) is 3.41. The SMILES string of the molecule is Fc1ccc(-c2nc(N3CCCNCC3)n[nH]2)c(F)c1. The molecule has 1 aromatic carbocycles. The number of halogens is 2. The number of rotatable bonds is 2. The molecule has 0 unspecified atom stereocenters. The third kappa shape index (κ3) is 2.62. The van der Waals surface area contributed by atoms with E-state index in [0.717, 1.165) is 38.7 Å². The van der Waals surface area contributed by atoms with Crippen LogP contribution in [0.3, 0.4) is 0 Å². The Bertz CT molecular complexity index is 590. The van der Waals surface area contributed by atoms with Gasteiger partial charge < -0.3 is 10.2 Å². The number of hydrogen-bond acceptors (Lipinski definition) is 4. The molecule has 0 aliphatic carbocycles. The van der Waals surface area contributed by atoms with Crippen molar-refractivity contribution >= 4 is 5.95 Å². The molecule has 0 radical (unpaired) electrons. The second-order valence-corrected chi connectivity index (χ2v) is 4.70. The molecule has 1 aliphatic rings. The van der Waals surface area contributed by atoms with Crippen molar-refractivity contribution in [1.82, 2.24) is 20.5 Å². The van der Waals surface area contributed by atoms with E-state index in [4.69, 9.17) is 0 Å². The maximum Gasteiger partial charge on any atom is 0.245 e. The highest BCUT2D eigenvalue weighted by atomic mass is 19.1. The van der Waals surface area contributed by atoms with Crippen molar-refractivity contribution < 1.29 is 8.78 Å². The minimum Gasteiger partial charge on any atom is -0.338 e. The highest BCUT2D eigenvalue weighted by molar-refractivity contribution is 5.57. The van der Waals surface area contributed by atoms with Crippen molar-refractivity contribution in [3.8, 4) is 11.4 Å². The predicted octanol–water partition coefficient (Wildman–Crippen LogP) is 1.55. The molecule has 1 aliphatic heterocycles. The van der Waals surface area contributed by atoms with Gasteiger partial charge in [-0.3, -0.25) is 5.10 Å². The molecule has 20 heavy (non-hydrogen) atoms. The lowest BCUT2D eigenvalue weighted by Gasteiger charge is -2.16. The molecular formula is C13H15F2N5. The van der Waals surface area contributed by atoms with Crippen LogP contribution in [-0.2, 0) is 0 Å². The summed E-state index contributed by atoms with van der Waals surface area (Å²) in [5.41, 5.74) is 0.220. The number of H-pyrrole nitrogens is 1. The van der Waals surface area contributed by atoms with Crippen molar-refractivity contribution in [1.29, 1.82) is 0 Å². The summed E-state index contributed by atoms with van der Waals surface area (Å²) >= 11 is 0. The van der Waals surface area contributed by atoms with E-state index in [9.17, 15) is 8.78 Å². The van der Waals surface area contributed by atoms with Gasteiger partial charge in [0.15, 0.2) is 5.82 Å². The first-order chi connectivity index (χ1) is 9.74. The van der Waals surface area contributed by atoms with E-state index in [2.05, 4.69) is 20.5 Å². The van der Waals surface area contributed by atoms with Gasteiger partial charge in [0, 0.05) is 25.7 Å². The van der Waals surface area contributed by atoms with Crippen LogP contribution in [0, 0.1) is 11.6 Å². The highest BCUT2D eigenvalue weighted by Gasteiger charge is 2.16. The summed E-state index contributed by atoms with van der Waals surface area (Å²) in [6.07, 6.45) is 1.01. The van der Waals surface area contributed by atoms with Gasteiger partial charge in [-0.25, -0.2) is 8.78 Å². The molecule has 2 heterocycles. The van der Waals surface area contributed by atoms with Crippen LogP contribution in [0.2, 0.25) is 0 Å². The summed E-state index contributed by atoms with van der Waals surface area (Å²) in [7, 11) is 0. The lowest BCUT2D eigenvalue weighted by Crippen LogP contribution is -2.28. The standard InChI is InChI=1S/C13H15F2N5/c14-9-2-3-10(11(15)8-9)12-17-13(19-18-12)20-6-1-4-16-5-7-20/h2-3,8,16H,1,4-7H2,(H,17,18,19). The Balaban J connectivity index is 1.85. The maximum atomic E-state index is 13.7. The summed E-state index contributed by atoms with van der Waals surface area (Å²) in [4.78, 5) is 6.35. The molecule has 0 bridgehead atoms. The van der Waals surface area contributed by atoms with Crippen molar-refractivity contribution in [3.63, 3.8) is 0 Å². The summed E-state index contributed by atoms with van der Waals surface area (Å²) in [6.45, 7) is 3.51. The third-order valence-corrected chi connectivity index (χ3v) is 3.28. The Morgan fingerprint density at radius 2 is 2.05 bits per heavy atom. The fraction of sp³-hybridized carbons (Fsp3) is 0.385. The van der Waals surface area contributed by atoms with Gasteiger partial charge in [-0.05, 0) is 25.1 Å². The van der Waals surface area contributed by atoms with Crippen molar-refractivity contribution in [2.45, 2.75) is 6.42 Å². The average Bonchev–Trinajstić information content (AvgIpc) is 2.74. The van der Waals surface area contributed by atoms with E-state index < -0.39 is 11.6 Å². The topological polar surface area (TPSA) is 56.8 Å². The first-order valence-electron chi connectivity index (χ1n) is 6.57. The first kappa shape index (κ1) is 13.0. The van der Waals surface area contributed by atoms with Gasteiger partial charge in [0.25, 0.3) is 0 Å². The van der Waals surface area contributed by atoms with Crippen LogP contribution in [0.4, 0.5) is 14.7 Å². The van der Waals surface area contributed by atoms with Gasteiger partial charge in [-0.1, -0.05) is 0 Å². The largest absolute Gasteiger partial charge is 0.338 e. The minimum absolute atomic E-state index is 0.220. The fourth-order valence-electron chi connectivity index (χ4n) is 2.24.